The van der Waals surface area contributed by atoms with E-state index in [4.69, 9.17) is 4.74 Å². The summed E-state index contributed by atoms with van der Waals surface area (Å²) in [7, 11) is 3.96. The van der Waals surface area contributed by atoms with E-state index in [-0.39, 0.29) is 0 Å². The summed E-state index contributed by atoms with van der Waals surface area (Å²) in [6.45, 7) is 6.66. The smallest absolute Gasteiger partial charge is 0.137 e. The average Bonchev–Trinajstić information content (AvgIpc) is 3.27. The fraction of sp³-hybridized carbons (Fsp3) is 0.733. The van der Waals surface area contributed by atoms with Crippen LogP contribution in [-0.4, -0.2) is 43.8 Å². The van der Waals surface area contributed by atoms with E-state index in [2.05, 4.69) is 41.1 Å². The van der Waals surface area contributed by atoms with Gasteiger partial charge in [-0.1, -0.05) is 6.92 Å². The van der Waals surface area contributed by atoms with Crippen molar-refractivity contribution in [3.8, 4) is 0 Å². The Morgan fingerprint density at radius 3 is 2.70 bits per heavy atom. The van der Waals surface area contributed by atoms with Crippen molar-refractivity contribution in [2.24, 2.45) is 5.92 Å². The molecule has 0 saturated heterocycles. The van der Waals surface area contributed by atoms with Crippen molar-refractivity contribution < 1.29 is 4.74 Å². The predicted molar refractivity (Wildman–Crippen MR) is 82.5 cm³/mol. The standard InChI is InChI=1S/C15H26N4O/c1-5-13-17-14(16-3)11(2)15(18-13)19(4)8-9-20-10-12-6-7-12/h12H,5-10H2,1-4H3,(H,16,17,18). The Bertz CT molecular complexity index is 446. The van der Waals surface area contributed by atoms with Crippen molar-refractivity contribution in [3.05, 3.63) is 11.4 Å². The molecule has 1 aromatic rings. The van der Waals surface area contributed by atoms with Gasteiger partial charge in [0.15, 0.2) is 0 Å². The molecule has 1 aromatic heterocycles. The molecule has 112 valence electrons. The van der Waals surface area contributed by atoms with Crippen LogP contribution in [0.15, 0.2) is 0 Å². The summed E-state index contributed by atoms with van der Waals surface area (Å²) in [5.74, 6) is 3.61. The Hall–Kier alpha value is -1.36. The van der Waals surface area contributed by atoms with Crippen LogP contribution in [0.25, 0.3) is 0 Å². The average molecular weight is 278 g/mol. The molecule has 20 heavy (non-hydrogen) atoms. The zero-order valence-corrected chi connectivity index (χ0v) is 13.1. The molecule has 0 radical (unpaired) electrons. The topological polar surface area (TPSA) is 50.3 Å². The fourth-order valence-electron chi connectivity index (χ4n) is 2.16. The second kappa shape index (κ2) is 6.88. The lowest BCUT2D eigenvalue weighted by atomic mass is 10.2. The second-order valence-electron chi connectivity index (χ2n) is 5.48. The first kappa shape index (κ1) is 15.0. The van der Waals surface area contributed by atoms with Crippen LogP contribution in [0.4, 0.5) is 11.6 Å². The summed E-state index contributed by atoms with van der Waals surface area (Å²) in [5.41, 5.74) is 1.09. The van der Waals surface area contributed by atoms with E-state index in [1.54, 1.807) is 0 Å². The zero-order valence-electron chi connectivity index (χ0n) is 13.1. The van der Waals surface area contributed by atoms with Crippen LogP contribution < -0.4 is 10.2 Å². The lowest BCUT2D eigenvalue weighted by molar-refractivity contribution is 0.130. The normalized spacial score (nSPS) is 14.4. The number of rotatable bonds is 8. The third-order valence-electron chi connectivity index (χ3n) is 3.70. The minimum Gasteiger partial charge on any atom is -0.379 e. The molecule has 1 aliphatic rings. The monoisotopic (exact) mass is 278 g/mol. The fourth-order valence-corrected chi connectivity index (χ4v) is 2.16. The Kier molecular flexibility index (Phi) is 5.17. The van der Waals surface area contributed by atoms with Gasteiger partial charge in [0.25, 0.3) is 0 Å². The van der Waals surface area contributed by atoms with E-state index < -0.39 is 0 Å². The van der Waals surface area contributed by atoms with Gasteiger partial charge in [0, 0.05) is 39.2 Å². The van der Waals surface area contributed by atoms with Crippen LogP contribution in [0.2, 0.25) is 0 Å². The SMILES string of the molecule is CCc1nc(NC)c(C)c(N(C)CCOCC2CC2)n1. The van der Waals surface area contributed by atoms with Gasteiger partial charge in [-0.15, -0.1) is 0 Å². The number of aromatic nitrogens is 2. The highest BCUT2D eigenvalue weighted by molar-refractivity contribution is 5.58. The van der Waals surface area contributed by atoms with Crippen LogP contribution >= 0.6 is 0 Å². The van der Waals surface area contributed by atoms with Gasteiger partial charge in [0.1, 0.15) is 17.5 Å². The predicted octanol–water partition coefficient (Wildman–Crippen LogP) is 2.25. The van der Waals surface area contributed by atoms with Crippen LogP contribution in [0.3, 0.4) is 0 Å². The van der Waals surface area contributed by atoms with E-state index in [1.807, 2.05) is 7.05 Å². The molecule has 0 aliphatic heterocycles. The Labute approximate surface area is 121 Å². The van der Waals surface area contributed by atoms with Crippen molar-refractivity contribution >= 4 is 11.6 Å². The molecule has 1 fully saturated rings. The van der Waals surface area contributed by atoms with Crippen molar-refractivity contribution in [1.82, 2.24) is 9.97 Å². The molecular formula is C15H26N4O. The molecule has 0 aromatic carbocycles. The molecule has 0 amide bonds. The summed E-state index contributed by atoms with van der Waals surface area (Å²) in [6, 6.07) is 0. The van der Waals surface area contributed by atoms with E-state index in [0.717, 1.165) is 55.1 Å². The number of hydrogen-bond donors (Lipinski definition) is 1. The number of ether oxygens (including phenoxy) is 1. The highest BCUT2D eigenvalue weighted by Crippen LogP contribution is 2.28. The number of hydrogen-bond acceptors (Lipinski definition) is 5. The molecule has 1 N–H and O–H groups in total. The van der Waals surface area contributed by atoms with E-state index >= 15 is 0 Å². The molecular weight excluding hydrogens is 252 g/mol. The zero-order chi connectivity index (χ0) is 14.5. The van der Waals surface area contributed by atoms with Gasteiger partial charge in [-0.25, -0.2) is 9.97 Å². The first-order valence-corrected chi connectivity index (χ1v) is 7.49. The molecule has 0 spiro atoms. The Morgan fingerprint density at radius 2 is 2.10 bits per heavy atom. The van der Waals surface area contributed by atoms with Gasteiger partial charge in [0.05, 0.1) is 6.61 Å². The Balaban J connectivity index is 1.97. The molecule has 1 aliphatic carbocycles. The highest BCUT2D eigenvalue weighted by atomic mass is 16.5. The molecule has 0 bridgehead atoms. The molecule has 5 heteroatoms. The van der Waals surface area contributed by atoms with E-state index in [0.29, 0.717) is 0 Å². The summed E-state index contributed by atoms with van der Waals surface area (Å²) >= 11 is 0. The first-order valence-electron chi connectivity index (χ1n) is 7.49. The van der Waals surface area contributed by atoms with Gasteiger partial charge in [-0.2, -0.15) is 0 Å². The lowest BCUT2D eigenvalue weighted by Crippen LogP contribution is -2.25. The summed E-state index contributed by atoms with van der Waals surface area (Å²) in [6.07, 6.45) is 3.52. The molecule has 0 atom stereocenters. The number of nitrogens with one attached hydrogen (secondary N) is 1. The molecule has 1 heterocycles. The van der Waals surface area contributed by atoms with Gasteiger partial charge in [-0.05, 0) is 25.7 Å². The molecule has 5 nitrogen and oxygen atoms in total. The third kappa shape index (κ3) is 3.82. The molecule has 0 unspecified atom stereocenters. The van der Waals surface area contributed by atoms with Crippen molar-refractivity contribution in [1.29, 1.82) is 0 Å². The van der Waals surface area contributed by atoms with Gasteiger partial charge >= 0.3 is 0 Å². The van der Waals surface area contributed by atoms with E-state index in [1.165, 1.54) is 12.8 Å². The third-order valence-corrected chi connectivity index (χ3v) is 3.70. The maximum Gasteiger partial charge on any atom is 0.137 e. The maximum atomic E-state index is 5.70. The minimum absolute atomic E-state index is 0.757. The summed E-state index contributed by atoms with van der Waals surface area (Å²) in [5, 5.41) is 3.15. The maximum absolute atomic E-state index is 5.70. The largest absolute Gasteiger partial charge is 0.379 e. The van der Waals surface area contributed by atoms with Gasteiger partial charge in [-0.3, -0.25) is 0 Å². The quantitative estimate of drug-likeness (QED) is 0.739. The number of anilines is 2. The van der Waals surface area contributed by atoms with Crippen molar-refractivity contribution in [3.63, 3.8) is 0 Å². The summed E-state index contributed by atoms with van der Waals surface area (Å²) < 4.78 is 5.70. The van der Waals surface area contributed by atoms with Crippen LogP contribution in [0.1, 0.15) is 31.2 Å². The second-order valence-corrected chi connectivity index (χ2v) is 5.48. The van der Waals surface area contributed by atoms with Crippen molar-refractivity contribution in [2.75, 3.05) is 44.1 Å². The Morgan fingerprint density at radius 1 is 1.35 bits per heavy atom. The first-order chi connectivity index (χ1) is 9.65. The number of likely N-dealkylation sites (N-methyl/N-ethyl adjacent to an activating group) is 1. The number of aryl methyl sites for hydroxylation is 1. The molecule has 1 saturated carbocycles. The molecule has 2 rings (SSSR count). The van der Waals surface area contributed by atoms with Crippen molar-refractivity contribution in [2.45, 2.75) is 33.1 Å². The van der Waals surface area contributed by atoms with Crippen LogP contribution in [0.5, 0.6) is 0 Å². The lowest BCUT2D eigenvalue weighted by Gasteiger charge is -2.22. The minimum atomic E-state index is 0.757. The van der Waals surface area contributed by atoms with Gasteiger partial charge < -0.3 is 15.0 Å². The number of nitrogens with zero attached hydrogens (tertiary/aromatic N) is 3. The van der Waals surface area contributed by atoms with Crippen LogP contribution in [-0.2, 0) is 11.2 Å². The van der Waals surface area contributed by atoms with Crippen LogP contribution in [0, 0.1) is 12.8 Å². The van der Waals surface area contributed by atoms with E-state index in [9.17, 15) is 0 Å². The highest BCUT2D eigenvalue weighted by Gasteiger charge is 2.21. The summed E-state index contributed by atoms with van der Waals surface area (Å²) in [4.78, 5) is 11.3. The van der Waals surface area contributed by atoms with Gasteiger partial charge in [0.2, 0.25) is 0 Å².